The number of carbonyl (C=O) groups excluding carboxylic acids is 1. The maximum atomic E-state index is 13.6. The summed E-state index contributed by atoms with van der Waals surface area (Å²) in [5, 5.41) is 0. The van der Waals surface area contributed by atoms with Gasteiger partial charge in [-0.05, 0) is 24.8 Å². The first-order valence-electron chi connectivity index (χ1n) is 6.67. The van der Waals surface area contributed by atoms with Gasteiger partial charge in [0.05, 0.1) is 5.41 Å². The molecule has 0 heterocycles. The molecule has 2 rings (SSSR count). The van der Waals surface area contributed by atoms with Crippen molar-refractivity contribution >= 4 is 5.91 Å². The lowest BCUT2D eigenvalue weighted by molar-refractivity contribution is -0.148. The van der Waals surface area contributed by atoms with Crippen LogP contribution in [0.1, 0.15) is 25.3 Å². The van der Waals surface area contributed by atoms with Gasteiger partial charge in [0.1, 0.15) is 5.82 Å². The number of rotatable bonds is 4. The van der Waals surface area contributed by atoms with Crippen molar-refractivity contribution in [3.63, 3.8) is 0 Å². The third-order valence-electron chi connectivity index (χ3n) is 4.03. The Morgan fingerprint density at radius 3 is 2.63 bits per heavy atom. The Morgan fingerprint density at radius 1 is 1.47 bits per heavy atom. The largest absolute Gasteiger partial charge is 0.341 e. The van der Waals surface area contributed by atoms with Crippen LogP contribution in [-0.4, -0.2) is 24.4 Å². The Hall–Kier alpha value is -1.42. The summed E-state index contributed by atoms with van der Waals surface area (Å²) in [5.41, 5.74) is 5.89. The molecular formula is C15H21FN2O. The number of benzene rings is 1. The van der Waals surface area contributed by atoms with E-state index in [2.05, 4.69) is 6.92 Å². The molecule has 1 aliphatic rings. The van der Waals surface area contributed by atoms with Gasteiger partial charge in [0.25, 0.3) is 0 Å². The van der Waals surface area contributed by atoms with Crippen molar-refractivity contribution in [3.05, 3.63) is 35.6 Å². The van der Waals surface area contributed by atoms with Crippen molar-refractivity contribution in [2.45, 2.75) is 26.3 Å². The number of hydrogen-bond acceptors (Lipinski definition) is 2. The highest BCUT2D eigenvalue weighted by Crippen LogP contribution is 2.45. The summed E-state index contributed by atoms with van der Waals surface area (Å²) in [6, 6.07) is 6.55. The summed E-state index contributed by atoms with van der Waals surface area (Å²) in [6.45, 7) is 2.79. The molecule has 0 unspecified atom stereocenters. The fourth-order valence-electron chi connectivity index (χ4n) is 3.06. The molecule has 0 bridgehead atoms. The molecule has 0 atom stereocenters. The minimum Gasteiger partial charge on any atom is -0.341 e. The van der Waals surface area contributed by atoms with Crippen molar-refractivity contribution in [1.82, 2.24) is 4.90 Å². The minimum atomic E-state index is -0.417. The van der Waals surface area contributed by atoms with Crippen LogP contribution < -0.4 is 5.73 Å². The maximum Gasteiger partial charge on any atom is 0.230 e. The van der Waals surface area contributed by atoms with E-state index >= 15 is 0 Å². The molecule has 1 fully saturated rings. The van der Waals surface area contributed by atoms with E-state index in [4.69, 9.17) is 5.73 Å². The van der Waals surface area contributed by atoms with Crippen LogP contribution >= 0.6 is 0 Å². The highest BCUT2D eigenvalue weighted by atomic mass is 19.1. The molecule has 2 N–H and O–H groups in total. The molecule has 0 aromatic heterocycles. The Kier molecular flexibility index (Phi) is 3.90. The molecule has 104 valence electrons. The second-order valence-electron chi connectivity index (χ2n) is 5.75. The quantitative estimate of drug-likeness (QED) is 0.906. The zero-order valence-electron chi connectivity index (χ0n) is 11.5. The minimum absolute atomic E-state index is 0.0383. The first-order valence-corrected chi connectivity index (χ1v) is 6.67. The van der Waals surface area contributed by atoms with Crippen molar-refractivity contribution in [1.29, 1.82) is 0 Å². The first kappa shape index (κ1) is 14.0. The number of nitrogens with two attached hydrogens (primary N) is 1. The monoisotopic (exact) mass is 264 g/mol. The zero-order valence-corrected chi connectivity index (χ0v) is 11.5. The van der Waals surface area contributed by atoms with Crippen molar-refractivity contribution in [3.8, 4) is 0 Å². The van der Waals surface area contributed by atoms with Gasteiger partial charge in [-0.2, -0.15) is 0 Å². The van der Waals surface area contributed by atoms with Gasteiger partial charge in [0.2, 0.25) is 5.91 Å². The van der Waals surface area contributed by atoms with E-state index in [0.717, 1.165) is 12.8 Å². The molecule has 1 aromatic carbocycles. The highest BCUT2D eigenvalue weighted by Gasteiger charge is 2.48. The zero-order chi connectivity index (χ0) is 14.0. The van der Waals surface area contributed by atoms with Gasteiger partial charge in [0, 0.05) is 25.7 Å². The normalized spacial score (nSPS) is 25.8. The van der Waals surface area contributed by atoms with E-state index in [1.807, 2.05) is 0 Å². The summed E-state index contributed by atoms with van der Waals surface area (Å²) in [7, 11) is 1.72. The van der Waals surface area contributed by atoms with Gasteiger partial charge in [0.15, 0.2) is 0 Å². The van der Waals surface area contributed by atoms with Gasteiger partial charge in [-0.1, -0.05) is 25.1 Å². The lowest BCUT2D eigenvalue weighted by atomic mass is 9.62. The van der Waals surface area contributed by atoms with Crippen LogP contribution in [0.3, 0.4) is 0 Å². The van der Waals surface area contributed by atoms with Crippen LogP contribution in [0.2, 0.25) is 0 Å². The van der Waals surface area contributed by atoms with Crippen LogP contribution in [0.15, 0.2) is 24.3 Å². The maximum absolute atomic E-state index is 13.6. The Balaban J connectivity index is 2.06. The number of halogens is 1. The number of amides is 1. The molecule has 1 amide bonds. The molecule has 4 heteroatoms. The number of carbonyl (C=O) groups is 1. The lowest BCUT2D eigenvalue weighted by Gasteiger charge is -2.46. The van der Waals surface area contributed by atoms with Gasteiger partial charge in [-0.15, -0.1) is 0 Å². The topological polar surface area (TPSA) is 46.3 Å². The van der Waals surface area contributed by atoms with Gasteiger partial charge in [-0.25, -0.2) is 4.39 Å². The molecule has 0 spiro atoms. The van der Waals surface area contributed by atoms with Crippen LogP contribution in [0.4, 0.5) is 4.39 Å². The Bertz CT molecular complexity index is 469. The molecule has 1 saturated carbocycles. The van der Waals surface area contributed by atoms with Gasteiger partial charge < -0.3 is 10.6 Å². The average molecular weight is 264 g/mol. The van der Waals surface area contributed by atoms with Crippen molar-refractivity contribution in [2.24, 2.45) is 17.1 Å². The molecular weight excluding hydrogens is 243 g/mol. The molecule has 0 radical (unpaired) electrons. The molecule has 1 aliphatic carbocycles. The molecule has 0 aliphatic heterocycles. The molecule has 3 nitrogen and oxygen atoms in total. The third-order valence-corrected chi connectivity index (χ3v) is 4.03. The van der Waals surface area contributed by atoms with E-state index in [-0.39, 0.29) is 11.7 Å². The van der Waals surface area contributed by atoms with E-state index in [9.17, 15) is 9.18 Å². The summed E-state index contributed by atoms with van der Waals surface area (Å²) >= 11 is 0. The summed E-state index contributed by atoms with van der Waals surface area (Å²) < 4.78 is 13.6. The lowest BCUT2D eigenvalue weighted by Crippen LogP contribution is -2.53. The second-order valence-corrected chi connectivity index (χ2v) is 5.75. The van der Waals surface area contributed by atoms with E-state index in [1.165, 1.54) is 6.07 Å². The van der Waals surface area contributed by atoms with Crippen LogP contribution in [0.5, 0.6) is 0 Å². The summed E-state index contributed by atoms with van der Waals surface area (Å²) in [5.74, 6) is 0.316. The van der Waals surface area contributed by atoms with Gasteiger partial charge in [-0.3, -0.25) is 4.79 Å². The third kappa shape index (κ3) is 2.63. The average Bonchev–Trinajstić information content (AvgIpc) is 2.36. The van der Waals surface area contributed by atoms with Crippen molar-refractivity contribution < 1.29 is 9.18 Å². The standard InChI is InChI=1S/C15H21FN2O/c1-11-7-15(8-11,10-17)14(19)18(2)9-12-5-3-4-6-13(12)16/h3-6,11H,7-10,17H2,1-2H3. The predicted octanol–water partition coefficient (Wildman–Crippen LogP) is 2.16. The van der Waals surface area contributed by atoms with Gasteiger partial charge >= 0.3 is 0 Å². The number of nitrogens with zero attached hydrogens (tertiary/aromatic N) is 1. The SMILES string of the molecule is CC1CC(CN)(C(=O)N(C)Cc2ccccc2F)C1. The fourth-order valence-corrected chi connectivity index (χ4v) is 3.06. The summed E-state index contributed by atoms with van der Waals surface area (Å²) in [4.78, 5) is 14.1. The van der Waals surface area contributed by atoms with Crippen LogP contribution in [0.25, 0.3) is 0 Å². The molecule has 19 heavy (non-hydrogen) atoms. The Labute approximate surface area is 113 Å². The fraction of sp³-hybridized carbons (Fsp3) is 0.533. The van der Waals surface area contributed by atoms with Crippen LogP contribution in [-0.2, 0) is 11.3 Å². The van der Waals surface area contributed by atoms with Crippen LogP contribution in [0, 0.1) is 17.2 Å². The number of hydrogen-bond donors (Lipinski definition) is 1. The Morgan fingerprint density at radius 2 is 2.11 bits per heavy atom. The van der Waals surface area contributed by atoms with E-state index in [0.29, 0.717) is 24.6 Å². The second kappa shape index (κ2) is 5.29. The summed E-state index contributed by atoms with van der Waals surface area (Å²) in [6.07, 6.45) is 1.67. The van der Waals surface area contributed by atoms with E-state index < -0.39 is 5.41 Å². The first-order chi connectivity index (χ1) is 8.98. The van der Waals surface area contributed by atoms with E-state index in [1.54, 1.807) is 30.1 Å². The predicted molar refractivity (Wildman–Crippen MR) is 72.8 cm³/mol. The smallest absolute Gasteiger partial charge is 0.230 e. The molecule has 0 saturated heterocycles. The van der Waals surface area contributed by atoms with Crippen molar-refractivity contribution in [2.75, 3.05) is 13.6 Å². The highest BCUT2D eigenvalue weighted by molar-refractivity contribution is 5.83. The molecule has 1 aromatic rings.